The van der Waals surface area contributed by atoms with Gasteiger partial charge in [0, 0.05) is 17.7 Å². The highest BCUT2D eigenvalue weighted by Gasteiger charge is 2.48. The molecule has 3 aromatic rings. The van der Waals surface area contributed by atoms with Gasteiger partial charge in [-0.15, -0.1) is 0 Å². The van der Waals surface area contributed by atoms with Crippen LogP contribution in [0.5, 0.6) is 17.2 Å². The van der Waals surface area contributed by atoms with Gasteiger partial charge >= 0.3 is 5.97 Å². The first-order valence-electron chi connectivity index (χ1n) is 9.75. The lowest BCUT2D eigenvalue weighted by atomic mass is 9.99. The van der Waals surface area contributed by atoms with Gasteiger partial charge in [-0.25, -0.2) is 4.79 Å². The average Bonchev–Trinajstić information content (AvgIpc) is 2.79. The molecule has 1 aliphatic heterocycles. The molecular weight excluding hydrogens is 440 g/mol. The zero-order valence-electron chi connectivity index (χ0n) is 17.1. The summed E-state index contributed by atoms with van der Waals surface area (Å²) in [6.07, 6.45) is -9.31. The van der Waals surface area contributed by atoms with E-state index in [1.807, 2.05) is 0 Å². The maximum Gasteiger partial charge on any atom is 0.335 e. The number of aliphatic hydroxyl groups excluding tert-OH is 3. The molecule has 2 heterocycles. The third kappa shape index (κ3) is 3.98. The third-order valence-electron chi connectivity index (χ3n) is 5.23. The second kappa shape index (κ2) is 8.71. The van der Waals surface area contributed by atoms with E-state index in [4.69, 9.17) is 18.6 Å². The van der Waals surface area contributed by atoms with E-state index >= 15 is 0 Å². The summed E-state index contributed by atoms with van der Waals surface area (Å²) in [7, 11) is 1.19. The largest absolute Gasteiger partial charge is 0.504 e. The molecule has 33 heavy (non-hydrogen) atoms. The Balaban J connectivity index is 1.80. The van der Waals surface area contributed by atoms with Crippen molar-refractivity contribution in [3.05, 3.63) is 52.7 Å². The molecule has 1 aromatic heterocycles. The standard InChI is InChI=1S/C22H20O11/c1-30-19-13(32-22-18(27)16(25)17(26)20(33-22)21(28)29)8-12-14(15(19)24)10(23)7-11(31-12)9-5-3-2-4-6-9/h2-8,16-18,20,22,24-27H,1H3,(H,28,29). The third-order valence-corrected chi connectivity index (χ3v) is 5.23. The lowest BCUT2D eigenvalue weighted by molar-refractivity contribution is -0.271. The summed E-state index contributed by atoms with van der Waals surface area (Å²) in [6.45, 7) is 0. The molecule has 4 rings (SSSR count). The summed E-state index contributed by atoms with van der Waals surface area (Å²) in [5.41, 5.74) is -0.0482. The fourth-order valence-corrected chi connectivity index (χ4v) is 3.57. The van der Waals surface area contributed by atoms with Crippen molar-refractivity contribution >= 4 is 16.9 Å². The van der Waals surface area contributed by atoms with E-state index in [1.54, 1.807) is 30.3 Å². The molecule has 0 saturated carbocycles. The number of ether oxygens (including phenoxy) is 3. The van der Waals surface area contributed by atoms with E-state index in [9.17, 15) is 35.1 Å². The zero-order chi connectivity index (χ0) is 23.9. The van der Waals surface area contributed by atoms with Crippen molar-refractivity contribution in [3.8, 4) is 28.6 Å². The Hall–Kier alpha value is -3.64. The fourth-order valence-electron chi connectivity index (χ4n) is 3.57. The summed E-state index contributed by atoms with van der Waals surface area (Å²) in [4.78, 5) is 24.0. The van der Waals surface area contributed by atoms with Crippen molar-refractivity contribution < 1.29 is 49.0 Å². The maximum atomic E-state index is 12.7. The molecule has 1 saturated heterocycles. The Morgan fingerprint density at radius 1 is 1.03 bits per heavy atom. The van der Waals surface area contributed by atoms with Gasteiger partial charge in [-0.05, 0) is 0 Å². The quantitative estimate of drug-likeness (QED) is 0.357. The number of fused-ring (bicyclic) bond motifs is 1. The highest BCUT2D eigenvalue weighted by atomic mass is 16.7. The van der Waals surface area contributed by atoms with Gasteiger partial charge in [-0.3, -0.25) is 4.79 Å². The molecule has 0 spiro atoms. The topological polar surface area (TPSA) is 176 Å². The first kappa shape index (κ1) is 22.6. The van der Waals surface area contributed by atoms with E-state index in [2.05, 4.69) is 0 Å². The van der Waals surface area contributed by atoms with Crippen molar-refractivity contribution in [1.82, 2.24) is 0 Å². The van der Waals surface area contributed by atoms with Gasteiger partial charge in [-0.1, -0.05) is 30.3 Å². The number of aromatic hydroxyl groups is 1. The van der Waals surface area contributed by atoms with Crippen LogP contribution in [0.3, 0.4) is 0 Å². The fraction of sp³-hybridized carbons (Fsp3) is 0.273. The second-order valence-electron chi connectivity index (χ2n) is 7.32. The molecule has 1 fully saturated rings. The van der Waals surface area contributed by atoms with Crippen LogP contribution in [0.2, 0.25) is 0 Å². The van der Waals surface area contributed by atoms with Crippen LogP contribution in [0.15, 0.2) is 51.7 Å². The lowest BCUT2D eigenvalue weighted by Crippen LogP contribution is -2.61. The molecule has 2 aromatic carbocycles. The number of carboxylic acid groups (broad SMARTS) is 1. The molecular formula is C22H20O11. The molecule has 11 nitrogen and oxygen atoms in total. The molecule has 174 valence electrons. The van der Waals surface area contributed by atoms with Gasteiger partial charge in [0.25, 0.3) is 0 Å². The van der Waals surface area contributed by atoms with E-state index in [0.717, 1.165) is 0 Å². The number of phenolic OH excluding ortho intramolecular Hbond substituents is 1. The normalized spacial score (nSPS) is 25.0. The number of methoxy groups -OCH3 is 1. The highest BCUT2D eigenvalue weighted by Crippen LogP contribution is 2.43. The first-order chi connectivity index (χ1) is 15.7. The van der Waals surface area contributed by atoms with Gasteiger partial charge < -0.3 is 44.2 Å². The Bertz CT molecular complexity index is 1240. The molecule has 0 bridgehead atoms. The minimum atomic E-state index is -1.91. The van der Waals surface area contributed by atoms with Gasteiger partial charge in [0.1, 0.15) is 35.0 Å². The number of benzene rings is 2. The summed E-state index contributed by atoms with van der Waals surface area (Å²) in [5, 5.41) is 49.7. The number of aliphatic carboxylic acids is 1. The summed E-state index contributed by atoms with van der Waals surface area (Å²) >= 11 is 0. The Kier molecular flexibility index (Phi) is 5.95. The van der Waals surface area contributed by atoms with Gasteiger partial charge in [0.05, 0.1) is 7.11 Å². The van der Waals surface area contributed by atoms with Crippen LogP contribution >= 0.6 is 0 Å². The number of phenols is 1. The average molecular weight is 460 g/mol. The summed E-state index contributed by atoms with van der Waals surface area (Å²) in [6, 6.07) is 11.1. The van der Waals surface area contributed by atoms with Crippen LogP contribution in [0.4, 0.5) is 0 Å². The minimum absolute atomic E-state index is 0.0877. The SMILES string of the molecule is COc1c(OC2OC(C(=O)O)C(O)C(O)C2O)cc2oc(-c3ccccc3)cc(=O)c2c1O. The van der Waals surface area contributed by atoms with Crippen LogP contribution in [0, 0.1) is 0 Å². The highest BCUT2D eigenvalue weighted by molar-refractivity contribution is 5.89. The molecule has 11 heteroatoms. The Morgan fingerprint density at radius 2 is 1.73 bits per heavy atom. The second-order valence-corrected chi connectivity index (χ2v) is 7.32. The molecule has 0 radical (unpaired) electrons. The molecule has 1 aliphatic rings. The van der Waals surface area contributed by atoms with Crippen molar-refractivity contribution in [2.75, 3.05) is 7.11 Å². The van der Waals surface area contributed by atoms with Crippen LogP contribution in [0.1, 0.15) is 0 Å². The number of carbonyl (C=O) groups is 1. The summed E-state index contributed by atoms with van der Waals surface area (Å²) < 4.78 is 21.5. The molecule has 5 atom stereocenters. The molecule has 0 amide bonds. The number of aliphatic hydroxyl groups is 3. The number of hydrogen-bond acceptors (Lipinski definition) is 10. The minimum Gasteiger partial charge on any atom is -0.504 e. The Labute approximate surface area is 185 Å². The van der Waals surface area contributed by atoms with Crippen molar-refractivity contribution in [3.63, 3.8) is 0 Å². The van der Waals surface area contributed by atoms with Crippen LogP contribution in [-0.2, 0) is 9.53 Å². The van der Waals surface area contributed by atoms with E-state index in [1.165, 1.54) is 19.2 Å². The van der Waals surface area contributed by atoms with E-state index in [0.29, 0.717) is 5.56 Å². The lowest BCUT2D eigenvalue weighted by Gasteiger charge is -2.38. The zero-order valence-corrected chi connectivity index (χ0v) is 17.1. The van der Waals surface area contributed by atoms with Crippen LogP contribution in [0.25, 0.3) is 22.3 Å². The van der Waals surface area contributed by atoms with Crippen molar-refractivity contribution in [2.45, 2.75) is 30.7 Å². The molecule has 0 aliphatic carbocycles. The van der Waals surface area contributed by atoms with E-state index in [-0.39, 0.29) is 28.2 Å². The molecule has 5 N–H and O–H groups in total. The molecule has 5 unspecified atom stereocenters. The van der Waals surface area contributed by atoms with E-state index < -0.39 is 47.9 Å². The summed E-state index contributed by atoms with van der Waals surface area (Å²) in [5.74, 6) is -2.58. The van der Waals surface area contributed by atoms with Crippen LogP contribution in [-0.4, -0.2) is 69.3 Å². The predicted molar refractivity (Wildman–Crippen MR) is 111 cm³/mol. The number of hydrogen-bond donors (Lipinski definition) is 5. The van der Waals surface area contributed by atoms with Crippen molar-refractivity contribution in [1.29, 1.82) is 0 Å². The smallest absolute Gasteiger partial charge is 0.335 e. The predicted octanol–water partition coefficient (Wildman–Crippen LogP) is 0.445. The van der Waals surface area contributed by atoms with Gasteiger partial charge in [-0.2, -0.15) is 0 Å². The first-order valence-corrected chi connectivity index (χ1v) is 9.75. The van der Waals surface area contributed by atoms with Gasteiger partial charge in [0.15, 0.2) is 23.0 Å². The van der Waals surface area contributed by atoms with Crippen molar-refractivity contribution in [2.24, 2.45) is 0 Å². The monoisotopic (exact) mass is 460 g/mol. The number of carboxylic acids is 1. The van der Waals surface area contributed by atoms with Crippen LogP contribution < -0.4 is 14.9 Å². The maximum absolute atomic E-state index is 12.7. The van der Waals surface area contributed by atoms with Gasteiger partial charge in [0.2, 0.25) is 12.0 Å². The Morgan fingerprint density at radius 3 is 2.36 bits per heavy atom. The number of rotatable bonds is 5.